The van der Waals surface area contributed by atoms with Gasteiger partial charge < -0.3 is 15.4 Å². The first-order valence-corrected chi connectivity index (χ1v) is 11.1. The third kappa shape index (κ3) is 6.70. The zero-order valence-electron chi connectivity index (χ0n) is 18.3. The fourth-order valence-electron chi connectivity index (χ4n) is 2.91. The van der Waals surface area contributed by atoms with Crippen molar-refractivity contribution in [1.82, 2.24) is 20.1 Å². The molecular weight excluding hydrogens is 450 g/mol. The van der Waals surface area contributed by atoms with Gasteiger partial charge in [0.05, 0.1) is 29.8 Å². The molecule has 32 heavy (non-hydrogen) atoms. The van der Waals surface area contributed by atoms with Gasteiger partial charge in [-0.1, -0.05) is 41.7 Å². The SMILES string of the molecule is CCOCCNCC(=O)Nc1nc(-c2ccccc2)c(-c2ccc(=O)n(C(C)C)n2)s1.Cl. The zero-order valence-corrected chi connectivity index (χ0v) is 20.0. The van der Waals surface area contributed by atoms with Crippen LogP contribution < -0.4 is 16.2 Å². The minimum Gasteiger partial charge on any atom is -0.380 e. The zero-order chi connectivity index (χ0) is 22.2. The highest BCUT2D eigenvalue weighted by molar-refractivity contribution is 7.19. The van der Waals surface area contributed by atoms with E-state index in [9.17, 15) is 9.59 Å². The summed E-state index contributed by atoms with van der Waals surface area (Å²) in [5, 5.41) is 10.9. The van der Waals surface area contributed by atoms with E-state index in [0.29, 0.717) is 36.3 Å². The molecule has 0 aliphatic rings. The Balaban J connectivity index is 0.00000363. The van der Waals surface area contributed by atoms with Crippen LogP contribution in [0.2, 0.25) is 0 Å². The van der Waals surface area contributed by atoms with Crippen molar-refractivity contribution in [2.24, 2.45) is 0 Å². The molecule has 1 aromatic carbocycles. The minimum absolute atomic E-state index is 0. The minimum atomic E-state index is -0.184. The van der Waals surface area contributed by atoms with Crippen molar-refractivity contribution in [1.29, 1.82) is 0 Å². The number of anilines is 1. The van der Waals surface area contributed by atoms with Gasteiger partial charge in [0.15, 0.2) is 5.13 Å². The number of thiazole rings is 1. The van der Waals surface area contributed by atoms with Gasteiger partial charge in [-0.2, -0.15) is 5.10 Å². The number of aromatic nitrogens is 3. The Morgan fingerprint density at radius 2 is 1.94 bits per heavy atom. The second-order valence-corrected chi connectivity index (χ2v) is 8.08. The van der Waals surface area contributed by atoms with E-state index in [1.165, 1.54) is 22.1 Å². The molecule has 0 saturated heterocycles. The number of ether oxygens (including phenoxy) is 1. The number of carbonyl (C=O) groups excluding carboxylic acids is 1. The summed E-state index contributed by atoms with van der Waals surface area (Å²) >= 11 is 1.34. The normalized spacial score (nSPS) is 10.8. The van der Waals surface area contributed by atoms with Crippen LogP contribution in [0.25, 0.3) is 21.8 Å². The van der Waals surface area contributed by atoms with Crippen LogP contribution in [0.4, 0.5) is 5.13 Å². The molecule has 0 aliphatic heterocycles. The van der Waals surface area contributed by atoms with Crippen molar-refractivity contribution in [3.05, 3.63) is 52.8 Å². The van der Waals surface area contributed by atoms with Gasteiger partial charge in [-0.15, -0.1) is 12.4 Å². The number of nitrogens with zero attached hydrogens (tertiary/aromatic N) is 3. The number of hydrogen-bond donors (Lipinski definition) is 2. The molecule has 0 bridgehead atoms. The van der Waals surface area contributed by atoms with Gasteiger partial charge in [0, 0.05) is 24.8 Å². The topological polar surface area (TPSA) is 98.1 Å². The van der Waals surface area contributed by atoms with Crippen LogP contribution in [0.15, 0.2) is 47.3 Å². The number of amides is 1. The lowest BCUT2D eigenvalue weighted by Gasteiger charge is -2.09. The van der Waals surface area contributed by atoms with E-state index < -0.39 is 0 Å². The van der Waals surface area contributed by atoms with E-state index in [4.69, 9.17) is 4.74 Å². The lowest BCUT2D eigenvalue weighted by atomic mass is 10.1. The second kappa shape index (κ2) is 12.4. The maximum Gasteiger partial charge on any atom is 0.267 e. The predicted molar refractivity (Wildman–Crippen MR) is 131 cm³/mol. The Bertz CT molecular complexity index is 1070. The van der Waals surface area contributed by atoms with E-state index in [1.807, 2.05) is 51.1 Å². The van der Waals surface area contributed by atoms with E-state index in [0.717, 1.165) is 10.4 Å². The summed E-state index contributed by atoms with van der Waals surface area (Å²) in [5.74, 6) is -0.184. The van der Waals surface area contributed by atoms with E-state index in [-0.39, 0.29) is 36.5 Å². The largest absolute Gasteiger partial charge is 0.380 e. The first-order valence-electron chi connectivity index (χ1n) is 10.2. The van der Waals surface area contributed by atoms with Crippen molar-refractivity contribution in [3.63, 3.8) is 0 Å². The molecule has 0 spiro atoms. The van der Waals surface area contributed by atoms with Crippen molar-refractivity contribution in [2.45, 2.75) is 26.8 Å². The summed E-state index contributed by atoms with van der Waals surface area (Å²) in [6.07, 6.45) is 0. The van der Waals surface area contributed by atoms with Gasteiger partial charge in [0.25, 0.3) is 5.56 Å². The lowest BCUT2D eigenvalue weighted by Crippen LogP contribution is -2.30. The highest BCUT2D eigenvalue weighted by atomic mass is 35.5. The number of hydrogen-bond acceptors (Lipinski definition) is 7. The fourth-order valence-corrected chi connectivity index (χ4v) is 3.88. The lowest BCUT2D eigenvalue weighted by molar-refractivity contribution is -0.115. The molecule has 3 aromatic rings. The Morgan fingerprint density at radius 3 is 2.62 bits per heavy atom. The Labute approximate surface area is 197 Å². The van der Waals surface area contributed by atoms with Gasteiger partial charge >= 0.3 is 0 Å². The third-order valence-electron chi connectivity index (χ3n) is 4.38. The van der Waals surface area contributed by atoms with Crippen molar-refractivity contribution < 1.29 is 9.53 Å². The van der Waals surface area contributed by atoms with E-state index in [2.05, 4.69) is 20.7 Å². The van der Waals surface area contributed by atoms with Gasteiger partial charge in [-0.25, -0.2) is 9.67 Å². The maximum absolute atomic E-state index is 12.3. The molecule has 2 heterocycles. The summed E-state index contributed by atoms with van der Waals surface area (Å²) in [6, 6.07) is 12.9. The van der Waals surface area contributed by atoms with E-state index in [1.54, 1.807) is 6.07 Å². The first kappa shape index (κ1) is 25.7. The number of nitrogens with one attached hydrogen (secondary N) is 2. The number of rotatable bonds is 10. The van der Waals surface area contributed by atoms with Gasteiger partial charge in [-0.05, 0) is 26.8 Å². The van der Waals surface area contributed by atoms with Crippen LogP contribution in [0.1, 0.15) is 26.8 Å². The summed E-state index contributed by atoms with van der Waals surface area (Å²) in [5.41, 5.74) is 2.11. The highest BCUT2D eigenvalue weighted by Gasteiger charge is 2.18. The Hall–Kier alpha value is -2.59. The van der Waals surface area contributed by atoms with Gasteiger partial charge in [0.2, 0.25) is 5.91 Å². The predicted octanol–water partition coefficient (Wildman–Crippen LogP) is 3.60. The molecule has 0 atom stereocenters. The van der Waals surface area contributed by atoms with Gasteiger partial charge in [0.1, 0.15) is 5.69 Å². The number of halogens is 1. The quantitative estimate of drug-likeness (QED) is 0.433. The Morgan fingerprint density at radius 1 is 1.19 bits per heavy atom. The third-order valence-corrected chi connectivity index (χ3v) is 5.37. The molecule has 172 valence electrons. The maximum atomic E-state index is 12.3. The molecule has 0 radical (unpaired) electrons. The molecule has 0 aliphatic carbocycles. The molecule has 0 unspecified atom stereocenters. The molecule has 2 aromatic heterocycles. The van der Waals surface area contributed by atoms with Crippen LogP contribution in [-0.2, 0) is 9.53 Å². The molecule has 1 amide bonds. The summed E-state index contributed by atoms with van der Waals surface area (Å²) in [7, 11) is 0. The molecule has 3 rings (SSSR count). The van der Waals surface area contributed by atoms with Crippen LogP contribution in [0.3, 0.4) is 0 Å². The van der Waals surface area contributed by atoms with Crippen LogP contribution in [0.5, 0.6) is 0 Å². The van der Waals surface area contributed by atoms with E-state index >= 15 is 0 Å². The summed E-state index contributed by atoms with van der Waals surface area (Å²) in [6.45, 7) is 7.72. The number of benzene rings is 1. The highest BCUT2D eigenvalue weighted by Crippen LogP contribution is 2.37. The Kier molecular flexibility index (Phi) is 9.98. The van der Waals surface area contributed by atoms with Gasteiger partial charge in [-0.3, -0.25) is 9.59 Å². The van der Waals surface area contributed by atoms with Crippen LogP contribution in [0, 0.1) is 0 Å². The molecule has 2 N–H and O–H groups in total. The first-order chi connectivity index (χ1) is 15.0. The monoisotopic (exact) mass is 477 g/mol. The van der Waals surface area contributed by atoms with Crippen molar-refractivity contribution in [3.8, 4) is 21.8 Å². The smallest absolute Gasteiger partial charge is 0.267 e. The average molecular weight is 478 g/mol. The summed E-state index contributed by atoms with van der Waals surface area (Å²) in [4.78, 5) is 29.9. The summed E-state index contributed by atoms with van der Waals surface area (Å²) < 4.78 is 6.70. The molecule has 10 heteroatoms. The standard InChI is InChI=1S/C22H27N5O3S.ClH/c1-4-30-13-12-23-14-18(28)24-22-25-20(16-8-6-5-7-9-16)21(31-22)17-10-11-19(29)27(26-17)15(2)3;/h5-11,15,23H,4,12-14H2,1-3H3,(H,24,25,28);1H. The molecular formula is C22H28ClN5O3S. The average Bonchev–Trinajstić information content (AvgIpc) is 3.18. The van der Waals surface area contributed by atoms with Crippen molar-refractivity contribution >= 4 is 34.8 Å². The molecule has 0 fully saturated rings. The molecule has 8 nitrogen and oxygen atoms in total. The van der Waals surface area contributed by atoms with Crippen LogP contribution >= 0.6 is 23.7 Å². The van der Waals surface area contributed by atoms with Crippen LogP contribution in [-0.4, -0.2) is 47.0 Å². The molecule has 0 saturated carbocycles. The fraction of sp³-hybridized carbons (Fsp3) is 0.364. The van der Waals surface area contributed by atoms with Crippen molar-refractivity contribution in [2.75, 3.05) is 31.6 Å². The number of carbonyl (C=O) groups is 1. The second-order valence-electron chi connectivity index (χ2n) is 7.08.